The number of methoxy groups -OCH3 is 1. The lowest BCUT2D eigenvalue weighted by atomic mass is 10.1. The van der Waals surface area contributed by atoms with Gasteiger partial charge in [0.1, 0.15) is 10.7 Å². The summed E-state index contributed by atoms with van der Waals surface area (Å²) in [6.07, 6.45) is 0. The smallest absolute Gasteiger partial charge is 0.195 e. The highest BCUT2D eigenvalue weighted by Crippen LogP contribution is 2.36. The fourth-order valence-electron chi connectivity index (χ4n) is 1.34. The molecule has 0 fully saturated rings. The molecule has 0 unspecified atom stereocenters. The summed E-state index contributed by atoms with van der Waals surface area (Å²) in [6.45, 7) is 0. The Labute approximate surface area is 103 Å². The van der Waals surface area contributed by atoms with Crippen LogP contribution in [0.15, 0.2) is 30.3 Å². The van der Waals surface area contributed by atoms with Crippen molar-refractivity contribution in [2.45, 2.75) is 0 Å². The topological polar surface area (TPSA) is 35.0 Å². The molecule has 3 nitrogen and oxygen atoms in total. The Kier molecular flexibility index (Phi) is 3.27. The molecule has 0 spiro atoms. The second kappa shape index (κ2) is 4.68. The van der Waals surface area contributed by atoms with Crippen LogP contribution in [-0.2, 0) is 0 Å². The third kappa shape index (κ3) is 1.96. The Bertz CT molecular complexity index is 503. The number of hydrogen-bond acceptors (Lipinski definition) is 3. The van der Waals surface area contributed by atoms with Crippen molar-refractivity contribution in [3.8, 4) is 17.0 Å². The van der Waals surface area contributed by atoms with Gasteiger partial charge in [-0.05, 0) is 0 Å². The van der Waals surface area contributed by atoms with Crippen molar-refractivity contribution in [2.24, 2.45) is 0 Å². The minimum Gasteiger partial charge on any atom is -0.492 e. The van der Waals surface area contributed by atoms with Crippen molar-refractivity contribution in [1.82, 2.24) is 10.2 Å². The first kappa shape index (κ1) is 11.2. The summed E-state index contributed by atoms with van der Waals surface area (Å²) < 4.78 is 5.07. The van der Waals surface area contributed by atoms with E-state index in [0.717, 1.165) is 5.56 Å². The summed E-state index contributed by atoms with van der Waals surface area (Å²) in [4.78, 5) is 0. The zero-order valence-corrected chi connectivity index (χ0v) is 9.96. The van der Waals surface area contributed by atoms with Crippen LogP contribution in [0, 0.1) is 0 Å². The van der Waals surface area contributed by atoms with Gasteiger partial charge in [-0.15, -0.1) is 10.2 Å². The molecule has 1 heterocycles. The quantitative estimate of drug-likeness (QED) is 0.824. The molecule has 0 saturated heterocycles. The first-order valence-electron chi connectivity index (χ1n) is 4.55. The van der Waals surface area contributed by atoms with Gasteiger partial charge in [-0.1, -0.05) is 53.5 Å². The Hall–Kier alpha value is -1.32. The van der Waals surface area contributed by atoms with E-state index in [1.807, 2.05) is 30.3 Å². The van der Waals surface area contributed by atoms with E-state index in [0.29, 0.717) is 16.5 Å². The SMILES string of the molecule is COc1c(Cl)nnc(-c2ccccc2)c1Cl. The average molecular weight is 255 g/mol. The van der Waals surface area contributed by atoms with Crippen LogP contribution in [0.5, 0.6) is 5.75 Å². The van der Waals surface area contributed by atoms with E-state index in [1.54, 1.807) is 0 Å². The summed E-state index contributed by atoms with van der Waals surface area (Å²) >= 11 is 11.9. The van der Waals surface area contributed by atoms with Gasteiger partial charge in [-0.2, -0.15) is 0 Å². The van der Waals surface area contributed by atoms with Gasteiger partial charge in [0.25, 0.3) is 0 Å². The number of hydrogen-bond donors (Lipinski definition) is 0. The van der Waals surface area contributed by atoms with Crippen molar-refractivity contribution in [3.63, 3.8) is 0 Å². The largest absolute Gasteiger partial charge is 0.492 e. The second-order valence-corrected chi connectivity index (χ2v) is 3.79. The van der Waals surface area contributed by atoms with Crippen LogP contribution < -0.4 is 4.74 Å². The lowest BCUT2D eigenvalue weighted by molar-refractivity contribution is 0.412. The molecule has 2 aromatic rings. The molecule has 5 heteroatoms. The van der Waals surface area contributed by atoms with Gasteiger partial charge in [-0.3, -0.25) is 0 Å². The van der Waals surface area contributed by atoms with Crippen LogP contribution >= 0.6 is 23.2 Å². The molecule has 1 aromatic carbocycles. The number of aromatic nitrogens is 2. The van der Waals surface area contributed by atoms with Crippen molar-refractivity contribution in [1.29, 1.82) is 0 Å². The minimum atomic E-state index is 0.159. The maximum atomic E-state index is 6.14. The minimum absolute atomic E-state index is 0.159. The standard InChI is InChI=1S/C11H8Cl2N2O/c1-16-10-8(12)9(14-15-11(10)13)7-5-3-2-4-6-7/h2-6H,1H3. The van der Waals surface area contributed by atoms with Gasteiger partial charge in [-0.25, -0.2) is 0 Å². The van der Waals surface area contributed by atoms with Gasteiger partial charge in [0.15, 0.2) is 10.9 Å². The van der Waals surface area contributed by atoms with Gasteiger partial charge in [0.05, 0.1) is 7.11 Å². The normalized spacial score (nSPS) is 10.2. The molecule has 1 aromatic heterocycles. The highest BCUT2D eigenvalue weighted by molar-refractivity contribution is 6.38. The molecule has 0 radical (unpaired) electrons. The zero-order chi connectivity index (χ0) is 11.5. The molecular weight excluding hydrogens is 247 g/mol. The summed E-state index contributed by atoms with van der Waals surface area (Å²) in [5, 5.41) is 8.28. The Balaban J connectivity index is 2.59. The zero-order valence-electron chi connectivity index (χ0n) is 8.45. The molecule has 0 atom stereocenters. The van der Waals surface area contributed by atoms with E-state index in [9.17, 15) is 0 Å². The Morgan fingerprint density at radius 2 is 1.75 bits per heavy atom. The summed E-state index contributed by atoms with van der Waals surface area (Å²) in [5.41, 5.74) is 1.43. The monoisotopic (exact) mass is 254 g/mol. The highest BCUT2D eigenvalue weighted by Gasteiger charge is 2.15. The van der Waals surface area contributed by atoms with Gasteiger partial charge in [0, 0.05) is 5.56 Å². The van der Waals surface area contributed by atoms with Crippen molar-refractivity contribution >= 4 is 23.2 Å². The molecule has 82 valence electrons. The molecule has 16 heavy (non-hydrogen) atoms. The van der Waals surface area contributed by atoms with Crippen LogP contribution in [0.25, 0.3) is 11.3 Å². The second-order valence-electron chi connectivity index (χ2n) is 3.05. The third-order valence-electron chi connectivity index (χ3n) is 2.08. The molecular formula is C11H8Cl2N2O. The summed E-state index contributed by atoms with van der Waals surface area (Å²) in [5.74, 6) is 0.345. The van der Waals surface area contributed by atoms with E-state index >= 15 is 0 Å². The molecule has 0 aliphatic carbocycles. The average Bonchev–Trinajstić information content (AvgIpc) is 2.31. The van der Waals surface area contributed by atoms with Crippen LogP contribution in [0.4, 0.5) is 0 Å². The van der Waals surface area contributed by atoms with E-state index in [4.69, 9.17) is 27.9 Å². The van der Waals surface area contributed by atoms with Crippen molar-refractivity contribution in [2.75, 3.05) is 7.11 Å². The van der Waals surface area contributed by atoms with Crippen LogP contribution in [0.1, 0.15) is 0 Å². The van der Waals surface area contributed by atoms with Crippen LogP contribution in [0.3, 0.4) is 0 Å². The highest BCUT2D eigenvalue weighted by atomic mass is 35.5. The summed E-state index contributed by atoms with van der Waals surface area (Å²) in [6, 6.07) is 9.49. The van der Waals surface area contributed by atoms with E-state index < -0.39 is 0 Å². The lowest BCUT2D eigenvalue weighted by Crippen LogP contribution is -1.95. The molecule has 0 amide bonds. The van der Waals surface area contributed by atoms with Crippen LogP contribution in [-0.4, -0.2) is 17.3 Å². The number of ether oxygens (including phenoxy) is 1. The van der Waals surface area contributed by atoms with Gasteiger partial charge >= 0.3 is 0 Å². The predicted molar refractivity (Wildman–Crippen MR) is 64.0 cm³/mol. The maximum absolute atomic E-state index is 6.14. The Morgan fingerprint density at radius 1 is 1.06 bits per heavy atom. The van der Waals surface area contributed by atoms with E-state index in [1.165, 1.54) is 7.11 Å². The Morgan fingerprint density at radius 3 is 2.38 bits per heavy atom. The van der Waals surface area contributed by atoms with E-state index in [-0.39, 0.29) is 5.15 Å². The number of halogens is 2. The van der Waals surface area contributed by atoms with Crippen molar-refractivity contribution in [3.05, 3.63) is 40.5 Å². The van der Waals surface area contributed by atoms with Gasteiger partial charge < -0.3 is 4.74 Å². The maximum Gasteiger partial charge on any atom is 0.195 e. The molecule has 0 saturated carbocycles. The van der Waals surface area contributed by atoms with Crippen molar-refractivity contribution < 1.29 is 4.74 Å². The lowest BCUT2D eigenvalue weighted by Gasteiger charge is -2.07. The molecule has 0 bridgehead atoms. The van der Waals surface area contributed by atoms with E-state index in [2.05, 4.69) is 10.2 Å². The molecule has 0 aliphatic heterocycles. The third-order valence-corrected chi connectivity index (χ3v) is 2.68. The fraction of sp³-hybridized carbons (Fsp3) is 0.0909. The summed E-state index contributed by atoms with van der Waals surface area (Å²) in [7, 11) is 1.49. The first-order valence-corrected chi connectivity index (χ1v) is 5.30. The molecule has 0 aliphatic rings. The number of rotatable bonds is 2. The number of benzene rings is 1. The first-order chi connectivity index (χ1) is 7.74. The number of nitrogens with zero attached hydrogens (tertiary/aromatic N) is 2. The predicted octanol–water partition coefficient (Wildman–Crippen LogP) is 3.46. The molecule has 2 rings (SSSR count). The van der Waals surface area contributed by atoms with Gasteiger partial charge in [0.2, 0.25) is 0 Å². The fourth-order valence-corrected chi connectivity index (χ4v) is 1.91. The van der Waals surface area contributed by atoms with Crippen LogP contribution in [0.2, 0.25) is 10.2 Å². The molecule has 0 N–H and O–H groups in total.